The third kappa shape index (κ3) is 3.51. The zero-order valence-electron chi connectivity index (χ0n) is 26.7. The van der Waals surface area contributed by atoms with E-state index in [1.165, 1.54) is 44.4 Å². The first kappa shape index (κ1) is 28.3. The Balaban J connectivity index is 1.36. The Bertz CT molecular complexity index is 1610. The molecule has 7 rings (SSSR count). The predicted octanol–water partition coefficient (Wildman–Crippen LogP) is 7.34. The van der Waals surface area contributed by atoms with Gasteiger partial charge in [0.25, 0.3) is 0 Å². The lowest BCUT2D eigenvalue weighted by Gasteiger charge is -2.65. The van der Waals surface area contributed by atoms with Gasteiger partial charge in [0, 0.05) is 39.4 Å². The Morgan fingerprint density at radius 1 is 1.00 bits per heavy atom. The molecule has 5 nitrogen and oxygen atoms in total. The number of aromatic amines is 1. The summed E-state index contributed by atoms with van der Waals surface area (Å²) >= 11 is 0. The number of H-pyrrole nitrogens is 1. The third-order valence-corrected chi connectivity index (χ3v) is 12.1. The van der Waals surface area contributed by atoms with Gasteiger partial charge >= 0.3 is 0 Å². The minimum absolute atomic E-state index is 0.0846. The smallest absolute Gasteiger partial charge is 0.195 e. The van der Waals surface area contributed by atoms with Gasteiger partial charge < -0.3 is 19.6 Å². The first-order valence-corrected chi connectivity index (χ1v) is 16.0. The maximum atomic E-state index is 13.3. The van der Waals surface area contributed by atoms with Crippen molar-refractivity contribution in [1.29, 1.82) is 0 Å². The summed E-state index contributed by atoms with van der Waals surface area (Å²) < 4.78 is 13.0. The molecule has 2 N–H and O–H groups in total. The molecule has 42 heavy (non-hydrogen) atoms. The number of ether oxygens (including phenoxy) is 2. The van der Waals surface area contributed by atoms with E-state index in [1.807, 2.05) is 13.8 Å². The van der Waals surface area contributed by atoms with Crippen LogP contribution in [0.3, 0.4) is 0 Å². The second-order valence-electron chi connectivity index (χ2n) is 15.4. The quantitative estimate of drug-likeness (QED) is 0.378. The summed E-state index contributed by atoms with van der Waals surface area (Å²) in [7, 11) is 0. The van der Waals surface area contributed by atoms with Crippen molar-refractivity contribution < 1.29 is 19.4 Å². The summed E-state index contributed by atoms with van der Waals surface area (Å²) in [6.45, 7) is 17.2. The van der Waals surface area contributed by atoms with Crippen LogP contribution < -0.4 is 0 Å². The van der Waals surface area contributed by atoms with Crippen molar-refractivity contribution in [3.8, 4) is 0 Å². The SMILES string of the molecule is CC(C)=CCc1cc2[nH]c3c(c2cc1CC=C(C)C)CC1CCC2(O)C4=CC(=O)C5OC4(CCC2(C)C31C)OC5(C)C. The van der Waals surface area contributed by atoms with Gasteiger partial charge in [0.1, 0.15) is 5.60 Å². The number of rotatable bonds is 4. The normalized spacial score (nSPS) is 37.5. The average Bonchev–Trinajstić information content (AvgIpc) is 3.49. The van der Waals surface area contributed by atoms with E-state index >= 15 is 0 Å². The van der Waals surface area contributed by atoms with Gasteiger partial charge in [-0.25, -0.2) is 0 Å². The Morgan fingerprint density at radius 2 is 1.67 bits per heavy atom. The summed E-state index contributed by atoms with van der Waals surface area (Å²) in [5.74, 6) is -0.678. The van der Waals surface area contributed by atoms with Crippen molar-refractivity contribution in [2.24, 2.45) is 11.3 Å². The van der Waals surface area contributed by atoms with Gasteiger partial charge in [0.2, 0.25) is 0 Å². The molecule has 2 aromatic rings. The maximum Gasteiger partial charge on any atom is 0.195 e. The van der Waals surface area contributed by atoms with Gasteiger partial charge in [0.05, 0.1) is 5.60 Å². The number of ketones is 1. The van der Waals surface area contributed by atoms with Crippen LogP contribution in [0.4, 0.5) is 0 Å². The molecule has 2 saturated carbocycles. The van der Waals surface area contributed by atoms with Gasteiger partial charge in [0.15, 0.2) is 17.7 Å². The molecule has 1 spiro atoms. The highest BCUT2D eigenvalue weighted by Crippen LogP contribution is 2.71. The fourth-order valence-corrected chi connectivity index (χ4v) is 9.58. The molecule has 3 fully saturated rings. The third-order valence-electron chi connectivity index (χ3n) is 12.1. The molecule has 224 valence electrons. The molecule has 1 saturated heterocycles. The number of hydrogen-bond acceptors (Lipinski definition) is 4. The second kappa shape index (κ2) is 8.80. The molecule has 5 aliphatic rings. The van der Waals surface area contributed by atoms with Gasteiger partial charge in [-0.15, -0.1) is 0 Å². The molecule has 5 heteroatoms. The minimum atomic E-state index is -1.19. The van der Waals surface area contributed by atoms with Crippen LogP contribution in [0.2, 0.25) is 0 Å². The maximum absolute atomic E-state index is 13.3. The molecule has 3 heterocycles. The molecule has 1 aromatic carbocycles. The Morgan fingerprint density at radius 3 is 2.33 bits per heavy atom. The molecule has 0 amide bonds. The van der Waals surface area contributed by atoms with Gasteiger partial charge in [-0.05, 0) is 121 Å². The molecule has 0 radical (unpaired) electrons. The fraction of sp³-hybridized carbons (Fsp3) is 0.595. The Labute approximate surface area is 250 Å². The number of hydrogen-bond donors (Lipinski definition) is 2. The average molecular weight is 570 g/mol. The van der Waals surface area contributed by atoms with Crippen molar-refractivity contribution >= 4 is 16.7 Å². The Kier molecular flexibility index (Phi) is 5.93. The minimum Gasteiger partial charge on any atom is -0.385 e. The molecule has 3 aliphatic carbocycles. The standard InChI is InChI=1S/C37H47NO4/c1-21(2)9-11-23-17-26-27-19-25-13-14-36(40)30-20-29(39)32-33(5,6)42-37(30,41-32)16-15-34(36,7)35(25,8)31(27)38-28(26)18-24(23)12-10-22(3)4/h9-10,17-18,20,25,32,38,40H,11-16,19H2,1-8H3. The number of carbonyl (C=O) groups is 1. The van der Waals surface area contributed by atoms with Crippen molar-refractivity contribution in [3.05, 3.63) is 69.5 Å². The number of fused-ring (bicyclic) bond motifs is 9. The number of benzene rings is 1. The van der Waals surface area contributed by atoms with Crippen LogP contribution >= 0.6 is 0 Å². The number of allylic oxidation sites excluding steroid dienone is 4. The molecule has 2 bridgehead atoms. The van der Waals surface area contributed by atoms with Crippen LogP contribution in [-0.2, 0) is 38.9 Å². The van der Waals surface area contributed by atoms with Crippen LogP contribution in [0.5, 0.6) is 0 Å². The summed E-state index contributed by atoms with van der Waals surface area (Å²) in [6, 6.07) is 4.81. The van der Waals surface area contributed by atoms with E-state index in [4.69, 9.17) is 9.47 Å². The van der Waals surface area contributed by atoms with Crippen molar-refractivity contribution in [3.63, 3.8) is 0 Å². The number of aromatic nitrogens is 1. The van der Waals surface area contributed by atoms with E-state index in [0.717, 1.165) is 32.1 Å². The zero-order chi connectivity index (χ0) is 30.0. The van der Waals surface area contributed by atoms with E-state index in [1.54, 1.807) is 6.08 Å². The topological polar surface area (TPSA) is 71.5 Å². The van der Waals surface area contributed by atoms with Crippen LogP contribution in [0.25, 0.3) is 10.9 Å². The van der Waals surface area contributed by atoms with E-state index < -0.39 is 28.5 Å². The molecule has 6 atom stereocenters. The van der Waals surface area contributed by atoms with Crippen LogP contribution in [0.1, 0.15) is 103 Å². The lowest BCUT2D eigenvalue weighted by Crippen LogP contribution is -2.69. The fourth-order valence-electron chi connectivity index (χ4n) is 9.58. The van der Waals surface area contributed by atoms with Crippen LogP contribution in [0.15, 0.2) is 47.1 Å². The Hall–Kier alpha value is -2.47. The molecule has 2 aliphatic heterocycles. The van der Waals surface area contributed by atoms with Gasteiger partial charge in [-0.2, -0.15) is 0 Å². The predicted molar refractivity (Wildman–Crippen MR) is 166 cm³/mol. The van der Waals surface area contributed by atoms with Gasteiger partial charge in [-0.1, -0.05) is 37.1 Å². The number of nitrogens with one attached hydrogen (secondary N) is 1. The lowest BCUT2D eigenvalue weighted by molar-refractivity contribution is -0.247. The van der Waals surface area contributed by atoms with Gasteiger partial charge in [-0.3, -0.25) is 4.79 Å². The van der Waals surface area contributed by atoms with Crippen LogP contribution in [-0.4, -0.2) is 39.0 Å². The summed E-state index contributed by atoms with van der Waals surface area (Å²) in [6.07, 6.45) is 11.5. The van der Waals surface area contributed by atoms with E-state index in [9.17, 15) is 9.90 Å². The number of aliphatic hydroxyl groups is 1. The lowest BCUT2D eigenvalue weighted by atomic mass is 9.42. The summed E-state index contributed by atoms with van der Waals surface area (Å²) in [5, 5.41) is 14.2. The highest BCUT2D eigenvalue weighted by atomic mass is 16.8. The zero-order valence-corrected chi connectivity index (χ0v) is 26.7. The second-order valence-corrected chi connectivity index (χ2v) is 15.4. The first-order valence-electron chi connectivity index (χ1n) is 16.0. The first-order chi connectivity index (χ1) is 19.7. The summed E-state index contributed by atoms with van der Waals surface area (Å²) in [5.41, 5.74) is 7.29. The van der Waals surface area contributed by atoms with Crippen molar-refractivity contribution in [1.82, 2.24) is 4.98 Å². The largest absolute Gasteiger partial charge is 0.385 e. The van der Waals surface area contributed by atoms with Crippen LogP contribution in [0, 0.1) is 11.3 Å². The molecular formula is C37H47NO4. The van der Waals surface area contributed by atoms with Crippen molar-refractivity contribution in [2.45, 2.75) is 129 Å². The van der Waals surface area contributed by atoms with E-state index in [-0.39, 0.29) is 11.2 Å². The molecule has 6 unspecified atom stereocenters. The number of carbonyl (C=O) groups excluding carboxylic acids is 1. The highest BCUT2D eigenvalue weighted by molar-refractivity contribution is 5.97. The monoisotopic (exact) mass is 569 g/mol. The highest BCUT2D eigenvalue weighted by Gasteiger charge is 2.75. The summed E-state index contributed by atoms with van der Waals surface area (Å²) in [4.78, 5) is 17.3. The van der Waals surface area contributed by atoms with E-state index in [0.29, 0.717) is 24.3 Å². The van der Waals surface area contributed by atoms with Crippen molar-refractivity contribution in [2.75, 3.05) is 0 Å². The molecular weight excluding hydrogens is 522 g/mol. The van der Waals surface area contributed by atoms with E-state index in [2.05, 4.69) is 70.8 Å². The molecule has 1 aromatic heterocycles.